The predicted octanol–water partition coefficient (Wildman–Crippen LogP) is 3.83. The highest BCUT2D eigenvalue weighted by atomic mass is 16.2. The number of amides is 2. The molecule has 0 heterocycles. The topological polar surface area (TPSA) is 41.1 Å². The minimum absolute atomic E-state index is 0.124. The number of hydrogen-bond donors (Lipinski definition) is 2. The summed E-state index contributed by atoms with van der Waals surface area (Å²) in [4.78, 5) is 12.4. The molecule has 0 radical (unpaired) electrons. The molecule has 0 saturated heterocycles. The lowest BCUT2D eigenvalue weighted by molar-refractivity contribution is -0.00953. The molecule has 5 saturated carbocycles. The Morgan fingerprint density at radius 2 is 1.29 bits per heavy atom. The van der Waals surface area contributed by atoms with E-state index >= 15 is 0 Å². The van der Waals surface area contributed by atoms with Gasteiger partial charge in [-0.3, -0.25) is 0 Å². The first-order chi connectivity index (χ1) is 10.3. The molecule has 0 atom stereocenters. The van der Waals surface area contributed by atoms with Crippen LogP contribution >= 0.6 is 0 Å². The van der Waals surface area contributed by atoms with E-state index in [1.54, 1.807) is 0 Å². The molecule has 3 nitrogen and oxygen atoms in total. The highest BCUT2D eigenvalue weighted by molar-refractivity contribution is 5.74. The minimum atomic E-state index is 0.124. The Morgan fingerprint density at radius 3 is 1.86 bits per heavy atom. The van der Waals surface area contributed by atoms with Gasteiger partial charge in [0.25, 0.3) is 0 Å². The second-order valence-corrected chi connectivity index (χ2v) is 8.26. The molecule has 118 valence electrons. The number of carbonyl (C=O) groups excluding carboxylic acids is 1. The second-order valence-electron chi connectivity index (χ2n) is 8.26. The lowest BCUT2D eigenvalue weighted by Crippen LogP contribution is -2.58. The van der Waals surface area contributed by atoms with E-state index in [9.17, 15) is 4.79 Å². The summed E-state index contributed by atoms with van der Waals surface area (Å²) in [6.45, 7) is 0. The Morgan fingerprint density at radius 1 is 0.714 bits per heavy atom. The van der Waals surface area contributed by atoms with Crippen molar-refractivity contribution in [1.82, 2.24) is 10.6 Å². The minimum Gasteiger partial charge on any atom is -0.335 e. The maximum absolute atomic E-state index is 12.4. The fourth-order valence-corrected chi connectivity index (χ4v) is 5.96. The number of carbonyl (C=O) groups is 1. The number of hydrogen-bond acceptors (Lipinski definition) is 1. The lowest BCUT2D eigenvalue weighted by Gasteiger charge is -2.54. The lowest BCUT2D eigenvalue weighted by atomic mass is 9.54. The van der Waals surface area contributed by atoms with E-state index in [2.05, 4.69) is 10.6 Å². The quantitative estimate of drug-likeness (QED) is 0.746. The summed E-state index contributed by atoms with van der Waals surface area (Å²) in [6, 6.07) is 1.02. The van der Waals surface area contributed by atoms with E-state index < -0.39 is 0 Å². The van der Waals surface area contributed by atoms with Crippen LogP contribution in [0.15, 0.2) is 0 Å². The Balaban J connectivity index is 1.32. The van der Waals surface area contributed by atoms with Gasteiger partial charge in [0.1, 0.15) is 0 Å². The van der Waals surface area contributed by atoms with Crippen LogP contribution in [0.1, 0.15) is 70.6 Å². The van der Waals surface area contributed by atoms with E-state index in [-0.39, 0.29) is 6.03 Å². The SMILES string of the molecule is O=C(NC1CCCCCC1)NC1C2CC3CC(C2)CC1C3. The van der Waals surface area contributed by atoms with Gasteiger partial charge in [-0.15, -0.1) is 0 Å². The van der Waals surface area contributed by atoms with Crippen LogP contribution in [0.2, 0.25) is 0 Å². The van der Waals surface area contributed by atoms with Gasteiger partial charge in [0, 0.05) is 12.1 Å². The largest absolute Gasteiger partial charge is 0.335 e. The molecule has 5 rings (SSSR count). The summed E-state index contributed by atoms with van der Waals surface area (Å²) < 4.78 is 0. The molecule has 0 aromatic heterocycles. The van der Waals surface area contributed by atoms with Crippen molar-refractivity contribution in [2.75, 3.05) is 0 Å². The predicted molar refractivity (Wildman–Crippen MR) is 84.0 cm³/mol. The molecule has 5 aliphatic carbocycles. The molecule has 0 spiro atoms. The molecule has 21 heavy (non-hydrogen) atoms. The van der Waals surface area contributed by atoms with Crippen LogP contribution in [0.25, 0.3) is 0 Å². The summed E-state index contributed by atoms with van der Waals surface area (Å²) in [7, 11) is 0. The molecule has 0 aliphatic heterocycles. The van der Waals surface area contributed by atoms with E-state index in [0.717, 1.165) is 23.7 Å². The Hall–Kier alpha value is -0.730. The van der Waals surface area contributed by atoms with Gasteiger partial charge >= 0.3 is 6.03 Å². The Kier molecular flexibility index (Phi) is 3.85. The van der Waals surface area contributed by atoms with Crippen LogP contribution in [0, 0.1) is 23.7 Å². The zero-order chi connectivity index (χ0) is 14.2. The number of rotatable bonds is 2. The third-order valence-corrected chi connectivity index (χ3v) is 6.71. The van der Waals surface area contributed by atoms with Crippen molar-refractivity contribution >= 4 is 6.03 Å². The van der Waals surface area contributed by atoms with Gasteiger partial charge in [-0.1, -0.05) is 25.7 Å². The van der Waals surface area contributed by atoms with Gasteiger partial charge < -0.3 is 10.6 Å². The molecule has 0 unspecified atom stereocenters. The fourth-order valence-electron chi connectivity index (χ4n) is 5.96. The van der Waals surface area contributed by atoms with Crippen molar-refractivity contribution in [2.45, 2.75) is 82.7 Å². The molecule has 4 bridgehead atoms. The average molecular weight is 290 g/mol. The number of nitrogens with one attached hydrogen (secondary N) is 2. The van der Waals surface area contributed by atoms with Crippen LogP contribution in [-0.4, -0.2) is 18.1 Å². The fraction of sp³-hybridized carbons (Fsp3) is 0.944. The first-order valence-corrected chi connectivity index (χ1v) is 9.35. The van der Waals surface area contributed by atoms with E-state index in [0.29, 0.717) is 12.1 Å². The highest BCUT2D eigenvalue weighted by Gasteiger charge is 2.48. The zero-order valence-electron chi connectivity index (χ0n) is 13.2. The normalized spacial score (nSPS) is 42.6. The van der Waals surface area contributed by atoms with Gasteiger partial charge in [0.2, 0.25) is 0 Å². The summed E-state index contributed by atoms with van der Waals surface area (Å²) in [5.74, 6) is 3.52. The third-order valence-electron chi connectivity index (χ3n) is 6.71. The molecular formula is C18H30N2O. The van der Waals surface area contributed by atoms with Crippen molar-refractivity contribution in [3.63, 3.8) is 0 Å². The highest BCUT2D eigenvalue weighted by Crippen LogP contribution is 2.53. The molecular weight excluding hydrogens is 260 g/mol. The molecule has 0 aromatic carbocycles. The molecule has 5 fully saturated rings. The smallest absolute Gasteiger partial charge is 0.315 e. The number of urea groups is 1. The van der Waals surface area contributed by atoms with Gasteiger partial charge in [-0.25, -0.2) is 4.79 Å². The van der Waals surface area contributed by atoms with Crippen molar-refractivity contribution in [3.05, 3.63) is 0 Å². The van der Waals surface area contributed by atoms with Gasteiger partial charge in [0.15, 0.2) is 0 Å². The van der Waals surface area contributed by atoms with Crippen molar-refractivity contribution in [1.29, 1.82) is 0 Å². The summed E-state index contributed by atoms with van der Waals surface area (Å²) in [5.41, 5.74) is 0. The maximum Gasteiger partial charge on any atom is 0.315 e. The summed E-state index contributed by atoms with van der Waals surface area (Å²) in [6.07, 6.45) is 14.6. The molecule has 3 heteroatoms. The first-order valence-electron chi connectivity index (χ1n) is 9.35. The monoisotopic (exact) mass is 290 g/mol. The van der Waals surface area contributed by atoms with Crippen molar-refractivity contribution in [3.8, 4) is 0 Å². The van der Waals surface area contributed by atoms with Crippen molar-refractivity contribution in [2.24, 2.45) is 23.7 Å². The van der Waals surface area contributed by atoms with E-state index in [1.165, 1.54) is 70.6 Å². The van der Waals surface area contributed by atoms with Crippen LogP contribution < -0.4 is 10.6 Å². The van der Waals surface area contributed by atoms with Gasteiger partial charge in [0.05, 0.1) is 0 Å². The molecule has 2 amide bonds. The summed E-state index contributed by atoms with van der Waals surface area (Å²) in [5, 5.41) is 6.65. The van der Waals surface area contributed by atoms with Crippen LogP contribution in [0.3, 0.4) is 0 Å². The molecule has 5 aliphatic rings. The Labute approximate surface area is 128 Å². The van der Waals surface area contributed by atoms with E-state index in [4.69, 9.17) is 0 Å². The zero-order valence-corrected chi connectivity index (χ0v) is 13.2. The van der Waals surface area contributed by atoms with Gasteiger partial charge in [-0.05, 0) is 68.6 Å². The van der Waals surface area contributed by atoms with E-state index in [1.807, 2.05) is 0 Å². The molecule has 0 aromatic rings. The standard InChI is InChI=1S/C18H30N2O/c21-18(19-16-5-3-1-2-4-6-16)20-17-14-8-12-7-13(10-14)11-15(17)9-12/h12-17H,1-11H2,(H2,19,20,21). The van der Waals surface area contributed by atoms with Crippen LogP contribution in [-0.2, 0) is 0 Å². The molecule has 2 N–H and O–H groups in total. The maximum atomic E-state index is 12.4. The Bertz CT molecular complexity index is 359. The second kappa shape index (κ2) is 5.81. The van der Waals surface area contributed by atoms with Gasteiger partial charge in [-0.2, -0.15) is 0 Å². The third kappa shape index (κ3) is 2.93. The van der Waals surface area contributed by atoms with Crippen LogP contribution in [0.5, 0.6) is 0 Å². The van der Waals surface area contributed by atoms with Crippen molar-refractivity contribution < 1.29 is 4.79 Å². The average Bonchev–Trinajstić information content (AvgIpc) is 2.70. The summed E-state index contributed by atoms with van der Waals surface area (Å²) >= 11 is 0. The first kappa shape index (κ1) is 13.9. The van der Waals surface area contributed by atoms with Crippen LogP contribution in [0.4, 0.5) is 4.79 Å².